The molecule has 0 radical (unpaired) electrons. The highest BCUT2D eigenvalue weighted by Gasteiger charge is 2.17. The molecule has 0 saturated carbocycles. The molecule has 0 amide bonds. The van der Waals surface area contributed by atoms with Gasteiger partial charge in [-0.05, 0) is 50.1 Å². The van der Waals surface area contributed by atoms with Crippen molar-refractivity contribution in [3.05, 3.63) is 49.9 Å². The van der Waals surface area contributed by atoms with Crippen molar-refractivity contribution in [2.24, 2.45) is 0 Å². The third kappa shape index (κ3) is 4.63. The summed E-state index contributed by atoms with van der Waals surface area (Å²) in [4.78, 5) is 24.5. The lowest BCUT2D eigenvalue weighted by Gasteiger charge is -2.07. The SMILES string of the molecule is CCCn1c(C)cc(/C=C(\C#N)C(=O)OCC(=O)c2ccc(Cl)s2)c1C. The van der Waals surface area contributed by atoms with Gasteiger partial charge in [0.2, 0.25) is 5.78 Å². The molecule has 0 aromatic carbocycles. The van der Waals surface area contributed by atoms with Crippen LogP contribution in [0.2, 0.25) is 4.34 Å². The molecule has 0 aliphatic carbocycles. The molecule has 5 nitrogen and oxygen atoms in total. The van der Waals surface area contributed by atoms with Crippen LogP contribution < -0.4 is 0 Å². The van der Waals surface area contributed by atoms with E-state index in [4.69, 9.17) is 16.3 Å². The molecule has 2 aromatic heterocycles. The van der Waals surface area contributed by atoms with E-state index in [1.807, 2.05) is 26.0 Å². The number of ether oxygens (including phenoxy) is 1. The molecule has 0 unspecified atom stereocenters. The average molecular weight is 391 g/mol. The lowest BCUT2D eigenvalue weighted by atomic mass is 10.1. The maximum atomic E-state index is 12.2. The van der Waals surface area contributed by atoms with Crippen molar-refractivity contribution in [1.29, 1.82) is 5.26 Å². The van der Waals surface area contributed by atoms with Gasteiger partial charge in [0.25, 0.3) is 0 Å². The Balaban J connectivity index is 2.11. The number of hydrogen-bond donors (Lipinski definition) is 0. The Bertz CT molecular complexity index is 903. The Labute approximate surface area is 161 Å². The van der Waals surface area contributed by atoms with Gasteiger partial charge in [-0.15, -0.1) is 11.3 Å². The average Bonchev–Trinajstić information content (AvgIpc) is 3.16. The fourth-order valence-electron chi connectivity index (χ4n) is 2.58. The van der Waals surface area contributed by atoms with Gasteiger partial charge in [0.1, 0.15) is 11.6 Å². The van der Waals surface area contributed by atoms with Gasteiger partial charge >= 0.3 is 5.97 Å². The van der Waals surface area contributed by atoms with Gasteiger partial charge in [0.05, 0.1) is 9.21 Å². The highest BCUT2D eigenvalue weighted by molar-refractivity contribution is 7.18. The van der Waals surface area contributed by atoms with E-state index in [9.17, 15) is 14.9 Å². The highest BCUT2D eigenvalue weighted by atomic mass is 35.5. The number of halogens is 1. The van der Waals surface area contributed by atoms with Crippen LogP contribution in [0.4, 0.5) is 0 Å². The maximum absolute atomic E-state index is 12.2. The number of aromatic nitrogens is 1. The molecular weight excluding hydrogens is 372 g/mol. The van der Waals surface area contributed by atoms with Crippen molar-refractivity contribution in [1.82, 2.24) is 4.57 Å². The summed E-state index contributed by atoms with van der Waals surface area (Å²) in [5, 5.41) is 9.29. The van der Waals surface area contributed by atoms with Gasteiger partial charge in [-0.2, -0.15) is 5.26 Å². The minimum Gasteiger partial charge on any atom is -0.453 e. The number of ketones is 1. The van der Waals surface area contributed by atoms with E-state index in [2.05, 4.69) is 11.5 Å². The molecule has 136 valence electrons. The molecule has 26 heavy (non-hydrogen) atoms. The second kappa shape index (κ2) is 8.84. The number of nitriles is 1. The Morgan fingerprint density at radius 2 is 2.12 bits per heavy atom. The summed E-state index contributed by atoms with van der Waals surface area (Å²) in [7, 11) is 0. The fraction of sp³-hybridized carbons (Fsp3) is 0.316. The predicted molar refractivity (Wildman–Crippen MR) is 102 cm³/mol. The number of Topliss-reactive ketones (excluding diaryl/α,β-unsaturated/α-hetero) is 1. The van der Waals surface area contributed by atoms with E-state index >= 15 is 0 Å². The quantitative estimate of drug-likeness (QED) is 0.300. The number of carbonyl (C=O) groups is 2. The summed E-state index contributed by atoms with van der Waals surface area (Å²) in [6.07, 6.45) is 2.49. The van der Waals surface area contributed by atoms with Crippen molar-refractivity contribution in [3.8, 4) is 6.07 Å². The number of thiophene rings is 1. The lowest BCUT2D eigenvalue weighted by Crippen LogP contribution is -2.14. The molecule has 0 aliphatic heterocycles. The fourth-order valence-corrected chi connectivity index (χ4v) is 3.55. The molecule has 0 spiro atoms. The third-order valence-electron chi connectivity index (χ3n) is 3.88. The van der Waals surface area contributed by atoms with Gasteiger partial charge in [0, 0.05) is 17.9 Å². The van der Waals surface area contributed by atoms with Gasteiger partial charge in [-0.25, -0.2) is 4.79 Å². The van der Waals surface area contributed by atoms with E-state index in [-0.39, 0.29) is 11.4 Å². The number of esters is 1. The molecule has 0 aliphatic rings. The smallest absolute Gasteiger partial charge is 0.349 e. The second-order valence-electron chi connectivity index (χ2n) is 5.75. The first kappa shape index (κ1) is 20.0. The summed E-state index contributed by atoms with van der Waals surface area (Å²) < 4.78 is 7.62. The number of rotatable bonds is 7. The molecule has 0 atom stereocenters. The third-order valence-corrected chi connectivity index (χ3v) is 5.15. The number of hydrogen-bond acceptors (Lipinski definition) is 5. The molecule has 2 heterocycles. The number of carbonyl (C=O) groups excluding carboxylic acids is 2. The summed E-state index contributed by atoms with van der Waals surface area (Å²) in [5.41, 5.74) is 2.69. The van der Waals surface area contributed by atoms with Crippen LogP contribution in [0.5, 0.6) is 0 Å². The van der Waals surface area contributed by atoms with Crippen molar-refractivity contribution >= 4 is 40.8 Å². The normalized spacial score (nSPS) is 11.3. The zero-order chi connectivity index (χ0) is 19.3. The van der Waals surface area contributed by atoms with Crippen LogP contribution in [0, 0.1) is 25.2 Å². The van der Waals surface area contributed by atoms with Gasteiger partial charge in [-0.3, -0.25) is 4.79 Å². The molecule has 2 rings (SSSR count). The molecule has 0 fully saturated rings. The maximum Gasteiger partial charge on any atom is 0.349 e. The van der Waals surface area contributed by atoms with Crippen molar-refractivity contribution in [2.45, 2.75) is 33.7 Å². The summed E-state index contributed by atoms with van der Waals surface area (Å²) in [6, 6.07) is 6.96. The molecule has 2 aromatic rings. The van der Waals surface area contributed by atoms with E-state index in [0.717, 1.165) is 41.3 Å². The zero-order valence-corrected chi connectivity index (χ0v) is 16.4. The Hall–Kier alpha value is -2.36. The van der Waals surface area contributed by atoms with Crippen LogP contribution in [-0.2, 0) is 16.1 Å². The van der Waals surface area contributed by atoms with Crippen LogP contribution in [0.25, 0.3) is 6.08 Å². The van der Waals surface area contributed by atoms with Crippen molar-refractivity contribution < 1.29 is 14.3 Å². The Morgan fingerprint density at radius 3 is 2.69 bits per heavy atom. The topological polar surface area (TPSA) is 72.1 Å². The highest BCUT2D eigenvalue weighted by Crippen LogP contribution is 2.22. The predicted octanol–water partition coefficient (Wildman–Crippen LogP) is 4.56. The van der Waals surface area contributed by atoms with Crippen LogP contribution in [0.15, 0.2) is 23.8 Å². The first-order valence-electron chi connectivity index (χ1n) is 8.11. The largest absolute Gasteiger partial charge is 0.453 e. The lowest BCUT2D eigenvalue weighted by molar-refractivity contribution is -0.137. The van der Waals surface area contributed by atoms with Gasteiger partial charge in [0.15, 0.2) is 6.61 Å². The van der Waals surface area contributed by atoms with Gasteiger partial charge < -0.3 is 9.30 Å². The van der Waals surface area contributed by atoms with E-state index in [1.165, 1.54) is 6.08 Å². The standard InChI is InChI=1S/C19H19ClN2O3S/c1-4-7-22-12(2)8-14(13(22)3)9-15(10-21)19(24)25-11-16(23)17-5-6-18(20)26-17/h5-6,8-9H,4,7,11H2,1-3H3/b15-9+. The molecule has 0 bridgehead atoms. The first-order chi connectivity index (χ1) is 12.4. The Kier molecular flexibility index (Phi) is 6.78. The van der Waals surface area contributed by atoms with Crippen LogP contribution >= 0.6 is 22.9 Å². The minimum atomic E-state index is -0.816. The summed E-state index contributed by atoms with van der Waals surface area (Å²) in [5.74, 6) is -1.17. The monoisotopic (exact) mass is 390 g/mol. The molecule has 0 N–H and O–H groups in total. The van der Waals surface area contributed by atoms with Gasteiger partial charge in [-0.1, -0.05) is 18.5 Å². The second-order valence-corrected chi connectivity index (χ2v) is 7.47. The van der Waals surface area contributed by atoms with Crippen LogP contribution in [0.3, 0.4) is 0 Å². The molecular formula is C19H19ClN2O3S. The van der Waals surface area contributed by atoms with Crippen LogP contribution in [-0.4, -0.2) is 22.9 Å². The minimum absolute atomic E-state index is 0.140. The number of aryl methyl sites for hydroxylation is 1. The summed E-state index contributed by atoms with van der Waals surface area (Å²) >= 11 is 6.90. The van der Waals surface area contributed by atoms with E-state index < -0.39 is 12.6 Å². The van der Waals surface area contributed by atoms with Crippen molar-refractivity contribution in [2.75, 3.05) is 6.61 Å². The first-order valence-corrected chi connectivity index (χ1v) is 9.31. The van der Waals surface area contributed by atoms with E-state index in [1.54, 1.807) is 12.1 Å². The van der Waals surface area contributed by atoms with E-state index in [0.29, 0.717) is 9.21 Å². The molecule has 0 saturated heterocycles. The number of nitrogens with zero attached hydrogens (tertiary/aromatic N) is 2. The zero-order valence-electron chi connectivity index (χ0n) is 14.8. The molecule has 7 heteroatoms. The Morgan fingerprint density at radius 1 is 1.38 bits per heavy atom. The van der Waals surface area contributed by atoms with Crippen molar-refractivity contribution in [3.63, 3.8) is 0 Å². The summed E-state index contributed by atoms with van der Waals surface area (Å²) in [6.45, 7) is 6.46. The van der Waals surface area contributed by atoms with Crippen LogP contribution in [0.1, 0.15) is 40.0 Å².